The summed E-state index contributed by atoms with van der Waals surface area (Å²) in [5.41, 5.74) is 0. The number of aliphatic hydroxyl groups is 12. The van der Waals surface area contributed by atoms with Gasteiger partial charge >= 0.3 is 0 Å². The summed E-state index contributed by atoms with van der Waals surface area (Å²) >= 11 is 0. The Kier molecular flexibility index (Phi) is 11.7. The van der Waals surface area contributed by atoms with Crippen LogP contribution >= 0.6 is 0 Å². The van der Waals surface area contributed by atoms with Crippen LogP contribution in [0, 0.1) is 0 Å². The standard InChI is InChI=1S/C24H42O19/c1-5-9(27)12(30)15(33)22(37-5)42-19-17(35)21(36)39-8(4-26)18(19)41-24-20(14(32)11(29)7(3-25)40-24)43-23-16(34)13(31)10(28)6(2)38-23/h5-36H,3-4H2,1-2H3/t5?,6?,7-,8?,9+,10-,11-,12-,13?,14?,15?,16?,17?,18+,19+,20?,21?,22-,23+,24-/m0/s1. The normalized spacial score (nSPS) is 54.8. The molecule has 0 saturated carbocycles. The van der Waals surface area contributed by atoms with Gasteiger partial charge in [0, 0.05) is 0 Å². The molecule has 252 valence electrons. The average molecular weight is 635 g/mol. The van der Waals surface area contributed by atoms with E-state index < -0.39 is 136 Å². The molecule has 20 atom stereocenters. The molecule has 4 rings (SSSR count). The predicted octanol–water partition coefficient (Wildman–Crippen LogP) is -7.69. The highest BCUT2D eigenvalue weighted by atomic mass is 16.8. The largest absolute Gasteiger partial charge is 0.394 e. The van der Waals surface area contributed by atoms with E-state index in [1.165, 1.54) is 13.8 Å². The topological polar surface area (TPSA) is 307 Å². The van der Waals surface area contributed by atoms with Crippen molar-refractivity contribution in [2.75, 3.05) is 13.2 Å². The second-order valence-corrected chi connectivity index (χ2v) is 11.1. The Balaban J connectivity index is 1.62. The van der Waals surface area contributed by atoms with Crippen molar-refractivity contribution in [1.29, 1.82) is 0 Å². The van der Waals surface area contributed by atoms with Crippen molar-refractivity contribution in [3.63, 3.8) is 0 Å². The second kappa shape index (κ2) is 14.3. The number of hydrogen-bond donors (Lipinski definition) is 12. The van der Waals surface area contributed by atoms with Gasteiger partial charge in [0.15, 0.2) is 25.2 Å². The Bertz CT molecular complexity index is 886. The molecule has 0 aromatic carbocycles. The van der Waals surface area contributed by atoms with Crippen LogP contribution in [0.2, 0.25) is 0 Å². The third-order valence-corrected chi connectivity index (χ3v) is 8.13. The van der Waals surface area contributed by atoms with Crippen LogP contribution in [-0.4, -0.2) is 197 Å². The van der Waals surface area contributed by atoms with E-state index in [-0.39, 0.29) is 0 Å². The van der Waals surface area contributed by atoms with Crippen molar-refractivity contribution in [3.05, 3.63) is 0 Å². The fourth-order valence-electron chi connectivity index (χ4n) is 5.40. The van der Waals surface area contributed by atoms with Crippen molar-refractivity contribution in [2.45, 2.75) is 137 Å². The molecular formula is C24H42O19. The number of hydrogen-bond acceptors (Lipinski definition) is 19. The van der Waals surface area contributed by atoms with Gasteiger partial charge in [0.1, 0.15) is 85.5 Å². The van der Waals surface area contributed by atoms with E-state index in [9.17, 15) is 61.3 Å². The molecule has 4 heterocycles. The lowest BCUT2D eigenvalue weighted by Gasteiger charge is -2.49. The van der Waals surface area contributed by atoms with Crippen LogP contribution in [0.5, 0.6) is 0 Å². The number of ether oxygens (including phenoxy) is 7. The molecule has 19 heteroatoms. The summed E-state index contributed by atoms with van der Waals surface area (Å²) in [5, 5.41) is 123. The molecule has 0 spiro atoms. The maximum atomic E-state index is 10.9. The molecule has 0 bridgehead atoms. The predicted molar refractivity (Wildman–Crippen MR) is 131 cm³/mol. The fourth-order valence-corrected chi connectivity index (χ4v) is 5.40. The van der Waals surface area contributed by atoms with Crippen LogP contribution in [0.25, 0.3) is 0 Å². The number of rotatable bonds is 8. The molecule has 0 aliphatic carbocycles. The SMILES string of the molecule is CC1O[C@H](OC2C(O)[C@@H](O)[C@H](CO)O[C@H]2O[C@@H]2C(CO)OC(O)C(O)[C@H]2O[C@@H]2OC(C)[C@@H](O)[C@H](O)C2O)C(O)C(O)[C@H]1O. The number of aliphatic hydroxyl groups excluding tert-OH is 12. The maximum absolute atomic E-state index is 10.9. The minimum absolute atomic E-state index is 0.832. The molecule has 4 aliphatic heterocycles. The molecule has 0 radical (unpaired) electrons. The van der Waals surface area contributed by atoms with Crippen molar-refractivity contribution >= 4 is 0 Å². The van der Waals surface area contributed by atoms with Gasteiger partial charge in [0.2, 0.25) is 0 Å². The Hall–Kier alpha value is -0.760. The van der Waals surface area contributed by atoms with Crippen LogP contribution in [0.4, 0.5) is 0 Å². The van der Waals surface area contributed by atoms with Gasteiger partial charge in [-0.3, -0.25) is 0 Å². The first-order chi connectivity index (χ1) is 20.2. The van der Waals surface area contributed by atoms with Gasteiger partial charge in [0.05, 0.1) is 25.4 Å². The van der Waals surface area contributed by atoms with E-state index in [1.54, 1.807) is 0 Å². The fraction of sp³-hybridized carbons (Fsp3) is 1.00. The lowest BCUT2D eigenvalue weighted by molar-refractivity contribution is -0.398. The highest BCUT2D eigenvalue weighted by Gasteiger charge is 2.55. The Labute approximate surface area is 244 Å². The summed E-state index contributed by atoms with van der Waals surface area (Å²) in [6, 6.07) is 0. The quantitative estimate of drug-likeness (QED) is 0.118. The van der Waals surface area contributed by atoms with Gasteiger partial charge in [0.25, 0.3) is 0 Å². The van der Waals surface area contributed by atoms with Crippen molar-refractivity contribution in [3.8, 4) is 0 Å². The summed E-state index contributed by atoms with van der Waals surface area (Å²) in [6.07, 6.45) is -33.2. The molecule has 0 aromatic rings. The minimum Gasteiger partial charge on any atom is -0.394 e. The zero-order valence-electron chi connectivity index (χ0n) is 23.2. The average Bonchev–Trinajstić information content (AvgIpc) is 2.98. The second-order valence-electron chi connectivity index (χ2n) is 11.1. The molecule has 12 N–H and O–H groups in total. The molecule has 4 aliphatic rings. The summed E-state index contributed by atoms with van der Waals surface area (Å²) in [4.78, 5) is 0. The molecule has 43 heavy (non-hydrogen) atoms. The van der Waals surface area contributed by atoms with Crippen LogP contribution in [0.1, 0.15) is 13.8 Å². The van der Waals surface area contributed by atoms with E-state index in [2.05, 4.69) is 0 Å². The van der Waals surface area contributed by atoms with Gasteiger partial charge in [-0.05, 0) is 13.8 Å². The monoisotopic (exact) mass is 634 g/mol. The summed E-state index contributed by atoms with van der Waals surface area (Å²) < 4.78 is 38.9. The first kappa shape index (κ1) is 35.1. The van der Waals surface area contributed by atoms with Gasteiger partial charge in [-0.1, -0.05) is 0 Å². The van der Waals surface area contributed by atoms with Gasteiger partial charge in [-0.15, -0.1) is 0 Å². The van der Waals surface area contributed by atoms with Crippen LogP contribution in [0.3, 0.4) is 0 Å². The smallest absolute Gasteiger partial charge is 0.187 e. The maximum Gasteiger partial charge on any atom is 0.187 e. The van der Waals surface area contributed by atoms with E-state index >= 15 is 0 Å². The summed E-state index contributed by atoms with van der Waals surface area (Å²) in [7, 11) is 0. The Morgan fingerprint density at radius 2 is 0.884 bits per heavy atom. The molecule has 4 saturated heterocycles. The van der Waals surface area contributed by atoms with E-state index in [0.29, 0.717) is 0 Å². The van der Waals surface area contributed by atoms with Crippen molar-refractivity contribution in [1.82, 2.24) is 0 Å². The third kappa shape index (κ3) is 7.00. The van der Waals surface area contributed by atoms with E-state index in [4.69, 9.17) is 33.2 Å². The Morgan fingerprint density at radius 1 is 0.419 bits per heavy atom. The van der Waals surface area contributed by atoms with Crippen LogP contribution < -0.4 is 0 Å². The van der Waals surface area contributed by atoms with Gasteiger partial charge < -0.3 is 94.4 Å². The molecule has 0 aromatic heterocycles. The lowest BCUT2D eigenvalue weighted by Crippen LogP contribution is -2.67. The van der Waals surface area contributed by atoms with E-state index in [1.807, 2.05) is 0 Å². The Morgan fingerprint density at radius 3 is 1.37 bits per heavy atom. The highest BCUT2D eigenvalue weighted by molar-refractivity contribution is 4.97. The molecule has 10 unspecified atom stereocenters. The van der Waals surface area contributed by atoms with Crippen LogP contribution in [-0.2, 0) is 33.2 Å². The van der Waals surface area contributed by atoms with Gasteiger partial charge in [-0.2, -0.15) is 0 Å². The van der Waals surface area contributed by atoms with E-state index in [0.717, 1.165) is 0 Å². The first-order valence-electron chi connectivity index (χ1n) is 13.8. The molecule has 19 nitrogen and oxygen atoms in total. The molecular weight excluding hydrogens is 592 g/mol. The lowest BCUT2D eigenvalue weighted by atomic mass is 9.95. The zero-order valence-corrected chi connectivity index (χ0v) is 23.2. The summed E-state index contributed by atoms with van der Waals surface area (Å²) in [6.45, 7) is 1.04. The third-order valence-electron chi connectivity index (χ3n) is 8.13. The van der Waals surface area contributed by atoms with Crippen molar-refractivity contribution in [2.24, 2.45) is 0 Å². The minimum atomic E-state index is -1.97. The highest BCUT2D eigenvalue weighted by Crippen LogP contribution is 2.35. The van der Waals surface area contributed by atoms with Crippen LogP contribution in [0.15, 0.2) is 0 Å². The zero-order chi connectivity index (χ0) is 31.9. The van der Waals surface area contributed by atoms with Gasteiger partial charge in [-0.25, -0.2) is 0 Å². The molecule has 0 amide bonds. The van der Waals surface area contributed by atoms with Crippen molar-refractivity contribution < 1.29 is 94.4 Å². The molecule has 4 fully saturated rings. The first-order valence-corrected chi connectivity index (χ1v) is 13.8. The summed E-state index contributed by atoms with van der Waals surface area (Å²) in [5.74, 6) is 0.